The van der Waals surface area contributed by atoms with Crippen molar-refractivity contribution in [1.82, 2.24) is 9.97 Å². The molecule has 3 N–H and O–H groups in total. The highest BCUT2D eigenvalue weighted by Gasteiger charge is 2.10. The van der Waals surface area contributed by atoms with E-state index < -0.39 is 5.91 Å². The zero-order valence-electron chi connectivity index (χ0n) is 9.85. The van der Waals surface area contributed by atoms with Crippen LogP contribution in [0.3, 0.4) is 0 Å². The zero-order valence-corrected chi connectivity index (χ0v) is 9.85. The molecule has 2 aromatic carbocycles. The Morgan fingerprint density at radius 2 is 2.00 bits per heavy atom. The van der Waals surface area contributed by atoms with Crippen molar-refractivity contribution in [2.24, 2.45) is 5.73 Å². The molecule has 0 fully saturated rings. The standard InChI is InChI=1S/C14H10FN3O/c15-10-4-2-1-3-9(10)14-17-11-6-5-8(13(16)19)7-12(11)18-14/h1-7H,(H2,16,19)(H,17,18). The van der Waals surface area contributed by atoms with Gasteiger partial charge in [0, 0.05) is 5.56 Å². The molecular weight excluding hydrogens is 245 g/mol. The monoisotopic (exact) mass is 255 g/mol. The van der Waals surface area contributed by atoms with Crippen LogP contribution in [0.4, 0.5) is 4.39 Å². The van der Waals surface area contributed by atoms with Gasteiger partial charge in [-0.15, -0.1) is 0 Å². The predicted molar refractivity (Wildman–Crippen MR) is 70.0 cm³/mol. The Morgan fingerprint density at radius 3 is 2.74 bits per heavy atom. The van der Waals surface area contributed by atoms with Gasteiger partial charge in [-0.3, -0.25) is 4.79 Å². The minimum atomic E-state index is -0.510. The molecule has 0 atom stereocenters. The summed E-state index contributed by atoms with van der Waals surface area (Å²) in [5.41, 5.74) is 7.29. The quantitative estimate of drug-likeness (QED) is 0.738. The molecule has 0 aliphatic heterocycles. The molecule has 3 aromatic rings. The number of hydrogen-bond donors (Lipinski definition) is 2. The van der Waals surface area contributed by atoms with E-state index in [-0.39, 0.29) is 5.82 Å². The second-order valence-corrected chi connectivity index (χ2v) is 4.16. The van der Waals surface area contributed by atoms with Gasteiger partial charge >= 0.3 is 0 Å². The molecule has 5 heteroatoms. The number of primary amides is 1. The number of nitrogens with zero attached hydrogens (tertiary/aromatic N) is 1. The van der Waals surface area contributed by atoms with E-state index in [0.29, 0.717) is 28.0 Å². The minimum Gasteiger partial charge on any atom is -0.366 e. The Bertz CT molecular complexity index is 779. The maximum atomic E-state index is 13.7. The topological polar surface area (TPSA) is 71.8 Å². The molecule has 1 heterocycles. The SMILES string of the molecule is NC(=O)c1ccc2nc(-c3ccccc3F)[nH]c2c1. The van der Waals surface area contributed by atoms with Gasteiger partial charge in [0.25, 0.3) is 0 Å². The van der Waals surface area contributed by atoms with Gasteiger partial charge in [-0.05, 0) is 30.3 Å². The van der Waals surface area contributed by atoms with E-state index in [2.05, 4.69) is 9.97 Å². The van der Waals surface area contributed by atoms with Gasteiger partial charge in [0.2, 0.25) is 5.91 Å². The van der Waals surface area contributed by atoms with Crippen molar-refractivity contribution < 1.29 is 9.18 Å². The number of benzene rings is 2. The molecule has 0 aliphatic rings. The lowest BCUT2D eigenvalue weighted by atomic mass is 10.2. The number of rotatable bonds is 2. The number of aromatic amines is 1. The van der Waals surface area contributed by atoms with Gasteiger partial charge in [-0.1, -0.05) is 12.1 Å². The number of carbonyl (C=O) groups excluding carboxylic acids is 1. The zero-order chi connectivity index (χ0) is 13.4. The molecule has 3 rings (SSSR count). The first kappa shape index (κ1) is 11.4. The maximum absolute atomic E-state index is 13.7. The van der Waals surface area contributed by atoms with Crippen molar-refractivity contribution in [3.63, 3.8) is 0 Å². The predicted octanol–water partition coefficient (Wildman–Crippen LogP) is 2.47. The van der Waals surface area contributed by atoms with Crippen molar-refractivity contribution in [2.45, 2.75) is 0 Å². The lowest BCUT2D eigenvalue weighted by Crippen LogP contribution is -2.10. The second-order valence-electron chi connectivity index (χ2n) is 4.16. The summed E-state index contributed by atoms with van der Waals surface area (Å²) in [7, 11) is 0. The molecular formula is C14H10FN3O. The van der Waals surface area contributed by atoms with Crippen LogP contribution in [0.25, 0.3) is 22.4 Å². The number of hydrogen-bond acceptors (Lipinski definition) is 2. The number of H-pyrrole nitrogens is 1. The number of carbonyl (C=O) groups is 1. The van der Waals surface area contributed by atoms with E-state index in [1.54, 1.807) is 36.4 Å². The Kier molecular flexibility index (Phi) is 2.52. The number of imidazole rings is 1. The highest BCUT2D eigenvalue weighted by Crippen LogP contribution is 2.23. The highest BCUT2D eigenvalue weighted by molar-refractivity contribution is 5.96. The Balaban J connectivity index is 2.17. The maximum Gasteiger partial charge on any atom is 0.248 e. The van der Waals surface area contributed by atoms with E-state index >= 15 is 0 Å². The number of nitrogens with two attached hydrogens (primary N) is 1. The fourth-order valence-corrected chi connectivity index (χ4v) is 1.94. The summed E-state index contributed by atoms with van der Waals surface area (Å²) in [6.45, 7) is 0. The Hall–Kier alpha value is -2.69. The third kappa shape index (κ3) is 1.95. The summed E-state index contributed by atoms with van der Waals surface area (Å²) in [4.78, 5) is 18.4. The minimum absolute atomic E-state index is 0.350. The van der Waals surface area contributed by atoms with Crippen LogP contribution in [-0.4, -0.2) is 15.9 Å². The number of fused-ring (bicyclic) bond motifs is 1. The van der Waals surface area contributed by atoms with Crippen molar-refractivity contribution in [3.05, 3.63) is 53.8 Å². The van der Waals surface area contributed by atoms with E-state index in [1.165, 1.54) is 6.07 Å². The van der Waals surface area contributed by atoms with Gasteiger partial charge < -0.3 is 10.7 Å². The average Bonchev–Trinajstić information content (AvgIpc) is 2.81. The van der Waals surface area contributed by atoms with E-state index in [0.717, 1.165) is 0 Å². The first-order chi connectivity index (χ1) is 9.15. The number of amides is 1. The summed E-state index contributed by atoms with van der Waals surface area (Å²) in [6.07, 6.45) is 0. The third-order valence-corrected chi connectivity index (χ3v) is 2.90. The molecule has 94 valence electrons. The van der Waals surface area contributed by atoms with Crippen LogP contribution in [0, 0.1) is 5.82 Å². The smallest absolute Gasteiger partial charge is 0.248 e. The lowest BCUT2D eigenvalue weighted by molar-refractivity contribution is 0.100. The molecule has 1 amide bonds. The number of nitrogens with one attached hydrogen (secondary N) is 1. The fourth-order valence-electron chi connectivity index (χ4n) is 1.94. The van der Waals surface area contributed by atoms with Crippen LogP contribution in [0.1, 0.15) is 10.4 Å². The van der Waals surface area contributed by atoms with Crippen molar-refractivity contribution >= 4 is 16.9 Å². The van der Waals surface area contributed by atoms with Gasteiger partial charge in [0.05, 0.1) is 16.6 Å². The Morgan fingerprint density at radius 1 is 1.21 bits per heavy atom. The van der Waals surface area contributed by atoms with Gasteiger partial charge in [-0.2, -0.15) is 0 Å². The van der Waals surface area contributed by atoms with Crippen LogP contribution < -0.4 is 5.73 Å². The molecule has 19 heavy (non-hydrogen) atoms. The number of aromatic nitrogens is 2. The molecule has 0 spiro atoms. The molecule has 1 aromatic heterocycles. The first-order valence-electron chi connectivity index (χ1n) is 5.69. The fraction of sp³-hybridized carbons (Fsp3) is 0. The van der Waals surface area contributed by atoms with Crippen LogP contribution in [0.15, 0.2) is 42.5 Å². The molecule has 0 saturated carbocycles. The highest BCUT2D eigenvalue weighted by atomic mass is 19.1. The van der Waals surface area contributed by atoms with Crippen LogP contribution in [0.5, 0.6) is 0 Å². The first-order valence-corrected chi connectivity index (χ1v) is 5.69. The summed E-state index contributed by atoms with van der Waals surface area (Å²) < 4.78 is 13.7. The molecule has 0 bridgehead atoms. The average molecular weight is 255 g/mol. The number of halogens is 1. The second kappa shape index (κ2) is 4.20. The molecule has 0 aliphatic carbocycles. The molecule has 0 saturated heterocycles. The summed E-state index contributed by atoms with van der Waals surface area (Å²) in [5, 5.41) is 0. The van der Waals surface area contributed by atoms with Gasteiger partial charge in [0.1, 0.15) is 11.6 Å². The van der Waals surface area contributed by atoms with E-state index in [9.17, 15) is 9.18 Å². The third-order valence-electron chi connectivity index (χ3n) is 2.90. The summed E-state index contributed by atoms with van der Waals surface area (Å²) in [6, 6.07) is 11.2. The summed E-state index contributed by atoms with van der Waals surface area (Å²) >= 11 is 0. The Labute approximate surface area is 108 Å². The van der Waals surface area contributed by atoms with E-state index in [1.807, 2.05) is 0 Å². The van der Waals surface area contributed by atoms with Crippen LogP contribution in [0.2, 0.25) is 0 Å². The largest absolute Gasteiger partial charge is 0.366 e. The summed E-state index contributed by atoms with van der Waals surface area (Å²) in [5.74, 6) is -0.435. The molecule has 4 nitrogen and oxygen atoms in total. The van der Waals surface area contributed by atoms with Crippen molar-refractivity contribution in [1.29, 1.82) is 0 Å². The van der Waals surface area contributed by atoms with Crippen molar-refractivity contribution in [3.8, 4) is 11.4 Å². The molecule has 0 radical (unpaired) electrons. The van der Waals surface area contributed by atoms with Crippen molar-refractivity contribution in [2.75, 3.05) is 0 Å². The van der Waals surface area contributed by atoms with E-state index in [4.69, 9.17) is 5.73 Å². The normalized spacial score (nSPS) is 10.8. The van der Waals surface area contributed by atoms with Gasteiger partial charge in [-0.25, -0.2) is 9.37 Å². The van der Waals surface area contributed by atoms with Crippen LogP contribution in [-0.2, 0) is 0 Å². The van der Waals surface area contributed by atoms with Gasteiger partial charge in [0.15, 0.2) is 0 Å². The lowest BCUT2D eigenvalue weighted by Gasteiger charge is -1.97. The molecule has 0 unspecified atom stereocenters. The van der Waals surface area contributed by atoms with Crippen LogP contribution >= 0.6 is 0 Å².